The van der Waals surface area contributed by atoms with Crippen LogP contribution in [0.1, 0.15) is 35.4 Å². The molecule has 27 heavy (non-hydrogen) atoms. The van der Waals surface area contributed by atoms with Crippen molar-refractivity contribution in [2.24, 2.45) is 0 Å². The Morgan fingerprint density at radius 2 is 1.70 bits per heavy atom. The largest absolute Gasteiger partial charge is 0.379 e. The van der Waals surface area contributed by atoms with Crippen LogP contribution in [0.4, 0.5) is 0 Å². The average Bonchev–Trinajstić information content (AvgIpc) is 2.68. The number of nitrogens with zero attached hydrogens (tertiary/aromatic N) is 1. The minimum absolute atomic E-state index is 0.359. The number of sulfonamides is 1. The van der Waals surface area contributed by atoms with Gasteiger partial charge >= 0.3 is 0 Å². The van der Waals surface area contributed by atoms with Gasteiger partial charge in [0.05, 0.1) is 0 Å². The molecule has 1 saturated heterocycles. The molecular weight excluding hydrogens is 358 g/mol. The van der Waals surface area contributed by atoms with E-state index in [1.54, 1.807) is 0 Å². The van der Waals surface area contributed by atoms with Gasteiger partial charge < -0.3 is 5.11 Å². The Bertz CT molecular complexity index is 904. The zero-order valence-corrected chi connectivity index (χ0v) is 16.3. The quantitative estimate of drug-likeness (QED) is 0.826. The third-order valence-electron chi connectivity index (χ3n) is 4.92. The van der Waals surface area contributed by atoms with Gasteiger partial charge in [-0.05, 0) is 43.4 Å². The SMILES string of the molecule is Cc1ccc(C2CCN(S(=O)(=O)CC(O)C#Cc3ccccc3)CC2)cc1. The molecule has 0 aliphatic carbocycles. The fraction of sp³-hybridized carbons (Fsp3) is 0.364. The van der Waals surface area contributed by atoms with Crippen LogP contribution in [-0.4, -0.2) is 42.8 Å². The molecule has 1 atom stereocenters. The van der Waals surface area contributed by atoms with Gasteiger partial charge in [-0.2, -0.15) is 0 Å². The fourth-order valence-corrected chi connectivity index (χ4v) is 4.80. The van der Waals surface area contributed by atoms with Crippen molar-refractivity contribution < 1.29 is 13.5 Å². The standard InChI is InChI=1S/C22H25NO3S/c1-18-7-10-20(11-8-18)21-13-15-23(16-14-21)27(25,26)17-22(24)12-9-19-5-3-2-4-6-19/h2-8,10-11,21-22,24H,13-17H2,1H3. The number of piperidine rings is 1. The summed E-state index contributed by atoms with van der Waals surface area (Å²) in [4.78, 5) is 0. The maximum Gasteiger partial charge on any atom is 0.217 e. The average molecular weight is 384 g/mol. The molecule has 0 radical (unpaired) electrons. The first-order valence-corrected chi connectivity index (χ1v) is 10.8. The van der Waals surface area contributed by atoms with Crippen molar-refractivity contribution in [3.8, 4) is 11.8 Å². The maximum atomic E-state index is 12.6. The Morgan fingerprint density at radius 3 is 2.33 bits per heavy atom. The molecule has 1 unspecified atom stereocenters. The van der Waals surface area contributed by atoms with E-state index in [4.69, 9.17) is 0 Å². The van der Waals surface area contributed by atoms with E-state index in [0.29, 0.717) is 19.0 Å². The molecular formula is C22H25NO3S. The number of hydrogen-bond donors (Lipinski definition) is 1. The minimum Gasteiger partial charge on any atom is -0.379 e. The predicted octanol–water partition coefficient (Wildman–Crippen LogP) is 2.92. The zero-order chi connectivity index (χ0) is 19.3. The molecule has 1 aliphatic rings. The Balaban J connectivity index is 1.56. The van der Waals surface area contributed by atoms with Crippen molar-refractivity contribution in [1.29, 1.82) is 0 Å². The normalized spacial score (nSPS) is 17.1. The summed E-state index contributed by atoms with van der Waals surface area (Å²) < 4.78 is 26.7. The smallest absolute Gasteiger partial charge is 0.217 e. The van der Waals surface area contributed by atoms with Crippen LogP contribution in [0, 0.1) is 18.8 Å². The van der Waals surface area contributed by atoms with E-state index >= 15 is 0 Å². The molecule has 4 nitrogen and oxygen atoms in total. The first-order chi connectivity index (χ1) is 12.9. The molecule has 0 bridgehead atoms. The number of aliphatic hydroxyl groups excluding tert-OH is 1. The van der Waals surface area contributed by atoms with Gasteiger partial charge in [0, 0.05) is 18.7 Å². The van der Waals surface area contributed by atoms with Crippen molar-refractivity contribution in [2.45, 2.75) is 31.8 Å². The van der Waals surface area contributed by atoms with Crippen molar-refractivity contribution in [1.82, 2.24) is 4.31 Å². The van der Waals surface area contributed by atoms with Crippen LogP contribution < -0.4 is 0 Å². The highest BCUT2D eigenvalue weighted by Crippen LogP contribution is 2.29. The summed E-state index contributed by atoms with van der Waals surface area (Å²) in [6.07, 6.45) is 0.410. The van der Waals surface area contributed by atoms with Gasteiger partial charge in [0.25, 0.3) is 0 Å². The summed E-state index contributed by atoms with van der Waals surface area (Å²) in [5.74, 6) is 5.48. The van der Waals surface area contributed by atoms with Gasteiger partial charge in [0.2, 0.25) is 10.0 Å². The summed E-state index contributed by atoms with van der Waals surface area (Å²) in [5.41, 5.74) is 3.25. The van der Waals surface area contributed by atoms with E-state index in [9.17, 15) is 13.5 Å². The number of hydrogen-bond acceptors (Lipinski definition) is 3. The van der Waals surface area contributed by atoms with E-state index in [2.05, 4.69) is 43.0 Å². The highest BCUT2D eigenvalue weighted by Gasteiger charge is 2.29. The number of benzene rings is 2. The maximum absolute atomic E-state index is 12.6. The van der Waals surface area contributed by atoms with Gasteiger partial charge in [0.1, 0.15) is 11.9 Å². The Kier molecular flexibility index (Phi) is 6.33. The van der Waals surface area contributed by atoms with Crippen LogP contribution in [0.5, 0.6) is 0 Å². The van der Waals surface area contributed by atoms with Gasteiger partial charge in [0.15, 0.2) is 0 Å². The molecule has 142 valence electrons. The van der Waals surface area contributed by atoms with Gasteiger partial charge in [-0.25, -0.2) is 12.7 Å². The van der Waals surface area contributed by atoms with E-state index in [1.807, 2.05) is 30.3 Å². The van der Waals surface area contributed by atoms with E-state index in [-0.39, 0.29) is 5.75 Å². The Hall–Kier alpha value is -2.13. The van der Waals surface area contributed by atoms with E-state index in [1.165, 1.54) is 15.4 Å². The number of aliphatic hydroxyl groups is 1. The molecule has 1 fully saturated rings. The highest BCUT2D eigenvalue weighted by molar-refractivity contribution is 7.89. The number of rotatable bonds is 4. The van der Waals surface area contributed by atoms with Crippen molar-refractivity contribution in [2.75, 3.05) is 18.8 Å². The first kappa shape index (κ1) is 19.6. The van der Waals surface area contributed by atoms with E-state index in [0.717, 1.165) is 18.4 Å². The molecule has 0 aromatic heterocycles. The van der Waals surface area contributed by atoms with Crippen molar-refractivity contribution >= 4 is 10.0 Å². The predicted molar refractivity (Wildman–Crippen MR) is 108 cm³/mol. The third-order valence-corrected chi connectivity index (χ3v) is 6.81. The molecule has 0 spiro atoms. The van der Waals surface area contributed by atoms with Crippen LogP contribution in [-0.2, 0) is 10.0 Å². The van der Waals surface area contributed by atoms with Gasteiger partial charge in [-0.1, -0.05) is 59.9 Å². The summed E-state index contributed by atoms with van der Waals surface area (Å²) in [6, 6.07) is 17.7. The van der Waals surface area contributed by atoms with E-state index < -0.39 is 16.1 Å². The lowest BCUT2D eigenvalue weighted by Crippen LogP contribution is -2.41. The molecule has 0 amide bonds. The van der Waals surface area contributed by atoms with Crippen LogP contribution in [0.15, 0.2) is 54.6 Å². The highest BCUT2D eigenvalue weighted by atomic mass is 32.2. The van der Waals surface area contributed by atoms with Gasteiger partial charge in [-0.15, -0.1) is 0 Å². The van der Waals surface area contributed by atoms with Crippen LogP contribution in [0.3, 0.4) is 0 Å². The molecule has 2 aromatic rings. The third kappa shape index (κ3) is 5.43. The van der Waals surface area contributed by atoms with Crippen LogP contribution in [0.2, 0.25) is 0 Å². The summed E-state index contributed by atoms with van der Waals surface area (Å²) in [5, 5.41) is 10.1. The fourth-order valence-electron chi connectivity index (χ4n) is 3.34. The number of aryl methyl sites for hydroxylation is 1. The minimum atomic E-state index is -3.52. The second-order valence-corrected chi connectivity index (χ2v) is 9.03. The molecule has 1 N–H and O–H groups in total. The Morgan fingerprint density at radius 1 is 1.07 bits per heavy atom. The lowest BCUT2D eigenvalue weighted by atomic mass is 9.90. The molecule has 1 heterocycles. The summed E-state index contributed by atoms with van der Waals surface area (Å²) in [7, 11) is -3.52. The van der Waals surface area contributed by atoms with Crippen LogP contribution in [0.25, 0.3) is 0 Å². The van der Waals surface area contributed by atoms with Crippen LogP contribution >= 0.6 is 0 Å². The lowest BCUT2D eigenvalue weighted by molar-refractivity contribution is 0.249. The molecule has 3 rings (SSSR count). The molecule has 0 saturated carbocycles. The van der Waals surface area contributed by atoms with Crippen molar-refractivity contribution in [3.63, 3.8) is 0 Å². The molecule has 5 heteroatoms. The van der Waals surface area contributed by atoms with Gasteiger partial charge in [-0.3, -0.25) is 0 Å². The topological polar surface area (TPSA) is 57.6 Å². The second-order valence-electron chi connectivity index (χ2n) is 7.01. The van der Waals surface area contributed by atoms with Crippen molar-refractivity contribution in [3.05, 3.63) is 71.3 Å². The Labute approximate surface area is 161 Å². The zero-order valence-electron chi connectivity index (χ0n) is 15.5. The summed E-state index contributed by atoms with van der Waals surface area (Å²) in [6.45, 7) is 3.03. The molecule has 2 aromatic carbocycles. The second kappa shape index (κ2) is 8.71. The first-order valence-electron chi connectivity index (χ1n) is 9.23. The molecule has 1 aliphatic heterocycles. The monoisotopic (exact) mass is 383 g/mol. The lowest BCUT2D eigenvalue weighted by Gasteiger charge is -2.31. The summed E-state index contributed by atoms with van der Waals surface area (Å²) >= 11 is 0.